The van der Waals surface area contributed by atoms with Gasteiger partial charge in [0.25, 0.3) is 0 Å². The van der Waals surface area contributed by atoms with Gasteiger partial charge in [0, 0.05) is 39.4 Å². The minimum absolute atomic E-state index is 0.400. The number of H-pyrrole nitrogens is 2. The van der Waals surface area contributed by atoms with Gasteiger partial charge in [0.05, 0.1) is 11.4 Å². The van der Waals surface area contributed by atoms with Crippen LogP contribution < -0.4 is 10.7 Å². The standard InChI is InChI=1S/C27H32N4/c1-8-21-12-19(6)29-27(21)14-24-17(4)11-26(31-24)20(7)25-10-16(3)23(30-25)13-22-15(2)9-18(5)28-22/h9,11-14,16,28-29H,6,8,10H2,1-5,7H3/b23-13-,26-20-,27-14-. The van der Waals surface area contributed by atoms with Gasteiger partial charge in [-0.15, -0.1) is 0 Å². The van der Waals surface area contributed by atoms with E-state index in [1.165, 1.54) is 22.4 Å². The summed E-state index contributed by atoms with van der Waals surface area (Å²) in [6, 6.07) is 4.28. The van der Waals surface area contributed by atoms with Crippen LogP contribution in [0.2, 0.25) is 0 Å². The van der Waals surface area contributed by atoms with E-state index in [0.717, 1.165) is 57.6 Å². The second-order valence-electron chi connectivity index (χ2n) is 8.85. The molecule has 0 amide bonds. The lowest BCUT2D eigenvalue weighted by molar-refractivity contribution is 0.749. The minimum atomic E-state index is 0.400. The van der Waals surface area contributed by atoms with Crippen molar-refractivity contribution in [1.82, 2.24) is 9.97 Å². The number of aromatic nitrogens is 2. The van der Waals surface area contributed by atoms with Crippen LogP contribution >= 0.6 is 0 Å². The number of hydrogen-bond acceptors (Lipinski definition) is 2. The SMILES string of the molecule is C=c1cc(CC)/c(=C/C2=NC(=C(/C)C3=N/C(=C\c4[nH]c(C)cc4C)C(C)C3)/C=C2C)[nH]1. The van der Waals surface area contributed by atoms with Gasteiger partial charge in [0.1, 0.15) is 0 Å². The smallest absolute Gasteiger partial charge is 0.0687 e. The monoisotopic (exact) mass is 412 g/mol. The molecule has 1 unspecified atom stereocenters. The maximum Gasteiger partial charge on any atom is 0.0687 e. The van der Waals surface area contributed by atoms with Gasteiger partial charge in [-0.3, -0.25) is 4.99 Å². The Hall–Kier alpha value is -3.14. The summed E-state index contributed by atoms with van der Waals surface area (Å²) in [5.74, 6) is 0.400. The van der Waals surface area contributed by atoms with Crippen LogP contribution in [0.4, 0.5) is 0 Å². The third-order valence-corrected chi connectivity index (χ3v) is 6.22. The number of rotatable bonds is 4. The molecule has 4 nitrogen and oxygen atoms in total. The quantitative estimate of drug-likeness (QED) is 0.717. The highest BCUT2D eigenvalue weighted by Crippen LogP contribution is 2.32. The van der Waals surface area contributed by atoms with Crippen LogP contribution in [0.1, 0.15) is 56.6 Å². The number of hydrogen-bond donors (Lipinski definition) is 2. The van der Waals surface area contributed by atoms with Gasteiger partial charge in [0.2, 0.25) is 0 Å². The largest absolute Gasteiger partial charge is 0.359 e. The van der Waals surface area contributed by atoms with E-state index < -0.39 is 0 Å². The lowest BCUT2D eigenvalue weighted by Crippen LogP contribution is -2.13. The summed E-state index contributed by atoms with van der Waals surface area (Å²) in [6.45, 7) is 16.9. The first-order valence-corrected chi connectivity index (χ1v) is 11.1. The van der Waals surface area contributed by atoms with Gasteiger partial charge in [-0.25, -0.2) is 4.99 Å². The van der Waals surface area contributed by atoms with Gasteiger partial charge in [-0.1, -0.05) is 20.4 Å². The van der Waals surface area contributed by atoms with Gasteiger partial charge < -0.3 is 9.97 Å². The Bertz CT molecular complexity index is 1300. The van der Waals surface area contributed by atoms with Crippen molar-refractivity contribution < 1.29 is 0 Å². The lowest BCUT2D eigenvalue weighted by Gasteiger charge is -2.03. The van der Waals surface area contributed by atoms with E-state index in [1.54, 1.807) is 0 Å². The lowest BCUT2D eigenvalue weighted by atomic mass is 9.99. The normalized spacial score (nSPS) is 22.3. The minimum Gasteiger partial charge on any atom is -0.359 e. The van der Waals surface area contributed by atoms with Crippen molar-refractivity contribution in [1.29, 1.82) is 0 Å². The van der Waals surface area contributed by atoms with E-state index in [9.17, 15) is 0 Å². The number of nitrogens with one attached hydrogen (secondary N) is 2. The topological polar surface area (TPSA) is 56.3 Å². The van der Waals surface area contributed by atoms with Crippen molar-refractivity contribution in [2.75, 3.05) is 0 Å². The maximum atomic E-state index is 5.00. The van der Waals surface area contributed by atoms with Crippen LogP contribution in [-0.2, 0) is 6.42 Å². The second-order valence-corrected chi connectivity index (χ2v) is 8.85. The molecule has 4 heteroatoms. The summed E-state index contributed by atoms with van der Waals surface area (Å²) in [5, 5.41) is 2.04. The third-order valence-electron chi connectivity index (χ3n) is 6.22. The Morgan fingerprint density at radius 1 is 1.16 bits per heavy atom. The molecule has 160 valence electrons. The van der Waals surface area contributed by atoms with Crippen LogP contribution in [0.25, 0.3) is 18.7 Å². The Kier molecular flexibility index (Phi) is 5.57. The Morgan fingerprint density at radius 2 is 1.94 bits per heavy atom. The van der Waals surface area contributed by atoms with Crippen LogP contribution in [0, 0.1) is 19.8 Å². The fourth-order valence-electron chi connectivity index (χ4n) is 4.32. The number of aromatic amines is 2. The Labute approximate surface area is 184 Å². The molecular formula is C27H32N4. The number of aliphatic imine (C=N–C) groups is 2. The molecule has 2 aliphatic heterocycles. The summed E-state index contributed by atoms with van der Waals surface area (Å²) < 4.78 is 0. The van der Waals surface area contributed by atoms with Crippen LogP contribution in [0.3, 0.4) is 0 Å². The van der Waals surface area contributed by atoms with Crippen molar-refractivity contribution in [2.24, 2.45) is 15.9 Å². The molecule has 2 N–H and O–H groups in total. The predicted octanol–water partition coefficient (Wildman–Crippen LogP) is 4.91. The Morgan fingerprint density at radius 3 is 2.61 bits per heavy atom. The molecule has 1 atom stereocenters. The molecule has 2 aromatic rings. The summed E-state index contributed by atoms with van der Waals surface area (Å²) in [7, 11) is 0. The molecule has 0 spiro atoms. The zero-order valence-corrected chi connectivity index (χ0v) is 19.5. The molecule has 0 aromatic carbocycles. The van der Waals surface area contributed by atoms with Gasteiger partial charge in [-0.2, -0.15) is 0 Å². The molecule has 2 aromatic heterocycles. The summed E-state index contributed by atoms with van der Waals surface area (Å²) in [5.41, 5.74) is 11.5. The van der Waals surface area contributed by atoms with Crippen molar-refractivity contribution in [3.8, 4) is 0 Å². The van der Waals surface area contributed by atoms with E-state index in [4.69, 9.17) is 9.98 Å². The molecular weight excluding hydrogens is 380 g/mol. The van der Waals surface area contributed by atoms with Crippen LogP contribution in [-0.4, -0.2) is 21.4 Å². The molecule has 0 radical (unpaired) electrons. The van der Waals surface area contributed by atoms with Crippen LogP contribution in [0.15, 0.2) is 50.7 Å². The molecule has 0 aliphatic carbocycles. The first-order valence-electron chi connectivity index (χ1n) is 11.1. The van der Waals surface area contributed by atoms with Crippen molar-refractivity contribution in [2.45, 2.75) is 54.4 Å². The van der Waals surface area contributed by atoms with Gasteiger partial charge in [0.15, 0.2) is 0 Å². The average Bonchev–Trinajstić information content (AvgIpc) is 3.44. The molecule has 31 heavy (non-hydrogen) atoms. The fraction of sp³-hybridized carbons (Fsp3) is 0.333. The maximum absolute atomic E-state index is 5.00. The molecule has 4 rings (SSSR count). The van der Waals surface area contributed by atoms with E-state index in [1.807, 2.05) is 0 Å². The summed E-state index contributed by atoms with van der Waals surface area (Å²) in [6.07, 6.45) is 8.43. The number of allylic oxidation sites excluding steroid dienone is 4. The number of nitrogens with zero attached hydrogens (tertiary/aromatic N) is 2. The zero-order valence-electron chi connectivity index (χ0n) is 19.5. The molecule has 4 heterocycles. The first-order chi connectivity index (χ1) is 14.7. The summed E-state index contributed by atoms with van der Waals surface area (Å²) in [4.78, 5) is 16.7. The second kappa shape index (κ2) is 8.18. The van der Waals surface area contributed by atoms with E-state index in [0.29, 0.717) is 5.92 Å². The van der Waals surface area contributed by atoms with E-state index in [-0.39, 0.29) is 0 Å². The number of aryl methyl sites for hydroxylation is 3. The van der Waals surface area contributed by atoms with E-state index >= 15 is 0 Å². The van der Waals surface area contributed by atoms with Crippen molar-refractivity contribution >= 4 is 30.2 Å². The third kappa shape index (κ3) is 4.20. The highest BCUT2D eigenvalue weighted by molar-refractivity contribution is 6.23. The average molecular weight is 413 g/mol. The molecule has 0 saturated carbocycles. The molecule has 2 aliphatic rings. The van der Waals surface area contributed by atoms with Crippen molar-refractivity contribution in [3.05, 3.63) is 74.0 Å². The predicted molar refractivity (Wildman–Crippen MR) is 133 cm³/mol. The zero-order chi connectivity index (χ0) is 22.3. The fourth-order valence-corrected chi connectivity index (χ4v) is 4.32. The highest BCUT2D eigenvalue weighted by atomic mass is 14.8. The van der Waals surface area contributed by atoms with Gasteiger partial charge in [-0.05, 0) is 93.2 Å². The highest BCUT2D eigenvalue weighted by Gasteiger charge is 2.24. The van der Waals surface area contributed by atoms with Gasteiger partial charge >= 0.3 is 0 Å². The Balaban J connectivity index is 1.68. The molecule has 0 saturated heterocycles. The van der Waals surface area contributed by atoms with Crippen LogP contribution in [0.5, 0.6) is 0 Å². The summed E-state index contributed by atoms with van der Waals surface area (Å²) >= 11 is 0. The van der Waals surface area contributed by atoms with Crippen molar-refractivity contribution in [3.63, 3.8) is 0 Å². The first kappa shape index (κ1) is 21.1. The van der Waals surface area contributed by atoms with E-state index in [2.05, 4.69) is 88.5 Å². The molecule has 0 bridgehead atoms. The molecule has 0 fully saturated rings.